The Hall–Kier alpha value is -1.03. The Kier molecular flexibility index (Phi) is 9.13. The van der Waals surface area contributed by atoms with Crippen molar-refractivity contribution in [3.05, 3.63) is 11.8 Å². The Labute approximate surface area is 123 Å². The maximum Gasteiger partial charge on any atom is 0.122 e. The molecule has 0 aliphatic carbocycles. The molecule has 0 aliphatic rings. The second kappa shape index (κ2) is 10.7. The number of unbranched alkanes of at least 4 members (excludes halogenated alkanes) is 8. The third-order valence-electron chi connectivity index (χ3n) is 3.71. The molecule has 0 aliphatic heterocycles. The Morgan fingerprint density at radius 3 is 2.25 bits per heavy atom. The molecule has 20 heavy (non-hydrogen) atoms. The summed E-state index contributed by atoms with van der Waals surface area (Å²) in [4.78, 5) is 0. The summed E-state index contributed by atoms with van der Waals surface area (Å²) in [6.45, 7) is 2.83. The first-order chi connectivity index (χ1) is 9.77. The molecule has 0 unspecified atom stereocenters. The number of hydrogen-bond donors (Lipinski definition) is 2. The van der Waals surface area contributed by atoms with Crippen molar-refractivity contribution >= 4 is 5.82 Å². The quantitative estimate of drug-likeness (QED) is 0.576. The number of nitrogen functional groups attached to an aromatic ring is 1. The SMILES string of the molecule is CCCCCCCCCCCc1cc(N)n(CCO)n1. The summed E-state index contributed by atoms with van der Waals surface area (Å²) in [6, 6.07) is 1.93. The van der Waals surface area contributed by atoms with E-state index in [0.29, 0.717) is 12.4 Å². The minimum absolute atomic E-state index is 0.0867. The van der Waals surface area contributed by atoms with Crippen LogP contribution in [0.25, 0.3) is 0 Å². The van der Waals surface area contributed by atoms with Crippen LogP contribution >= 0.6 is 0 Å². The summed E-state index contributed by atoms with van der Waals surface area (Å²) in [5, 5.41) is 13.3. The highest BCUT2D eigenvalue weighted by atomic mass is 16.3. The lowest BCUT2D eigenvalue weighted by molar-refractivity contribution is 0.270. The number of aliphatic hydroxyl groups excluding tert-OH is 1. The van der Waals surface area contributed by atoms with E-state index in [0.717, 1.165) is 12.1 Å². The van der Waals surface area contributed by atoms with Crippen LogP contribution in [0.1, 0.15) is 70.4 Å². The Balaban J connectivity index is 2.02. The number of anilines is 1. The van der Waals surface area contributed by atoms with Crippen LogP contribution in [-0.4, -0.2) is 21.5 Å². The summed E-state index contributed by atoms with van der Waals surface area (Å²) in [5.74, 6) is 0.657. The van der Waals surface area contributed by atoms with Crippen molar-refractivity contribution in [2.24, 2.45) is 0 Å². The van der Waals surface area contributed by atoms with Gasteiger partial charge in [0.25, 0.3) is 0 Å². The molecule has 1 aromatic rings. The summed E-state index contributed by atoms with van der Waals surface area (Å²) < 4.78 is 1.68. The fourth-order valence-corrected chi connectivity index (χ4v) is 2.50. The van der Waals surface area contributed by atoms with Gasteiger partial charge in [-0.15, -0.1) is 0 Å². The van der Waals surface area contributed by atoms with E-state index in [2.05, 4.69) is 12.0 Å². The van der Waals surface area contributed by atoms with Gasteiger partial charge >= 0.3 is 0 Å². The van der Waals surface area contributed by atoms with Crippen molar-refractivity contribution in [3.63, 3.8) is 0 Å². The summed E-state index contributed by atoms with van der Waals surface area (Å²) in [7, 11) is 0. The van der Waals surface area contributed by atoms with Crippen LogP contribution in [0.15, 0.2) is 6.07 Å². The molecule has 116 valence electrons. The number of nitrogens with two attached hydrogens (primary N) is 1. The normalized spacial score (nSPS) is 11.1. The van der Waals surface area contributed by atoms with Gasteiger partial charge in [-0.2, -0.15) is 5.10 Å². The second-order valence-corrected chi connectivity index (χ2v) is 5.59. The average Bonchev–Trinajstić information content (AvgIpc) is 2.78. The molecule has 1 heterocycles. The molecular weight excluding hydrogens is 250 g/mol. The van der Waals surface area contributed by atoms with Crippen molar-refractivity contribution < 1.29 is 5.11 Å². The first kappa shape index (κ1) is 17.0. The van der Waals surface area contributed by atoms with E-state index in [9.17, 15) is 0 Å². The van der Waals surface area contributed by atoms with Crippen LogP contribution in [0.3, 0.4) is 0 Å². The Morgan fingerprint density at radius 2 is 1.65 bits per heavy atom. The van der Waals surface area contributed by atoms with Crippen molar-refractivity contribution in [3.8, 4) is 0 Å². The Morgan fingerprint density at radius 1 is 1.05 bits per heavy atom. The summed E-state index contributed by atoms with van der Waals surface area (Å²) >= 11 is 0. The third-order valence-corrected chi connectivity index (χ3v) is 3.71. The Bertz CT molecular complexity index is 349. The van der Waals surface area contributed by atoms with Crippen molar-refractivity contribution in [1.82, 2.24) is 9.78 Å². The third kappa shape index (κ3) is 6.94. The molecule has 0 atom stereocenters. The predicted molar refractivity (Wildman–Crippen MR) is 84.7 cm³/mol. The van der Waals surface area contributed by atoms with Gasteiger partial charge in [0.05, 0.1) is 18.8 Å². The number of aromatic nitrogens is 2. The zero-order chi connectivity index (χ0) is 14.6. The summed E-state index contributed by atoms with van der Waals surface area (Å²) in [6.07, 6.45) is 13.1. The lowest BCUT2D eigenvalue weighted by Gasteiger charge is -2.01. The molecule has 4 heteroatoms. The maximum absolute atomic E-state index is 8.89. The van der Waals surface area contributed by atoms with Crippen molar-refractivity contribution in [2.75, 3.05) is 12.3 Å². The zero-order valence-corrected chi connectivity index (χ0v) is 13.0. The number of rotatable bonds is 12. The smallest absolute Gasteiger partial charge is 0.122 e. The number of aryl methyl sites for hydroxylation is 1. The van der Waals surface area contributed by atoms with Gasteiger partial charge in [-0.1, -0.05) is 58.3 Å². The predicted octanol–water partition coefficient (Wildman–Crippen LogP) is 3.53. The maximum atomic E-state index is 8.89. The second-order valence-electron chi connectivity index (χ2n) is 5.59. The van der Waals surface area contributed by atoms with Crippen LogP contribution in [0, 0.1) is 0 Å². The van der Waals surface area contributed by atoms with Crippen molar-refractivity contribution in [1.29, 1.82) is 0 Å². The van der Waals surface area contributed by atoms with E-state index in [4.69, 9.17) is 10.8 Å². The average molecular weight is 281 g/mol. The minimum Gasteiger partial charge on any atom is -0.394 e. The number of aliphatic hydroxyl groups is 1. The van der Waals surface area contributed by atoms with E-state index in [-0.39, 0.29) is 6.61 Å². The van der Waals surface area contributed by atoms with Gasteiger partial charge < -0.3 is 10.8 Å². The van der Waals surface area contributed by atoms with Gasteiger partial charge in [-0.3, -0.25) is 0 Å². The van der Waals surface area contributed by atoms with E-state index in [1.54, 1.807) is 4.68 Å². The van der Waals surface area contributed by atoms with Crippen molar-refractivity contribution in [2.45, 2.75) is 77.7 Å². The first-order valence-electron chi connectivity index (χ1n) is 8.21. The molecule has 0 bridgehead atoms. The largest absolute Gasteiger partial charge is 0.394 e. The molecule has 0 saturated carbocycles. The topological polar surface area (TPSA) is 64.1 Å². The fraction of sp³-hybridized carbons (Fsp3) is 0.812. The van der Waals surface area contributed by atoms with E-state index >= 15 is 0 Å². The van der Waals surface area contributed by atoms with Crippen LogP contribution in [0.4, 0.5) is 5.82 Å². The van der Waals surface area contributed by atoms with Crippen LogP contribution in [0.5, 0.6) is 0 Å². The van der Waals surface area contributed by atoms with E-state index in [1.165, 1.54) is 57.8 Å². The zero-order valence-electron chi connectivity index (χ0n) is 13.0. The number of hydrogen-bond acceptors (Lipinski definition) is 3. The molecule has 0 fully saturated rings. The highest BCUT2D eigenvalue weighted by Crippen LogP contribution is 2.13. The summed E-state index contributed by atoms with van der Waals surface area (Å²) in [5.41, 5.74) is 6.88. The molecule has 0 radical (unpaired) electrons. The van der Waals surface area contributed by atoms with Gasteiger partial charge in [0, 0.05) is 6.07 Å². The molecule has 0 aromatic carbocycles. The molecule has 1 aromatic heterocycles. The lowest BCUT2D eigenvalue weighted by atomic mass is 10.1. The van der Waals surface area contributed by atoms with E-state index in [1.807, 2.05) is 6.07 Å². The van der Waals surface area contributed by atoms with Crippen LogP contribution < -0.4 is 5.73 Å². The van der Waals surface area contributed by atoms with Gasteiger partial charge in [-0.25, -0.2) is 4.68 Å². The molecule has 0 amide bonds. The van der Waals surface area contributed by atoms with Crippen LogP contribution in [0.2, 0.25) is 0 Å². The molecule has 0 saturated heterocycles. The molecule has 4 nitrogen and oxygen atoms in total. The highest BCUT2D eigenvalue weighted by Gasteiger charge is 2.04. The number of nitrogens with zero attached hydrogens (tertiary/aromatic N) is 2. The first-order valence-corrected chi connectivity index (χ1v) is 8.21. The minimum atomic E-state index is 0.0867. The molecular formula is C16H31N3O. The molecule has 3 N–H and O–H groups in total. The van der Waals surface area contributed by atoms with Gasteiger partial charge in [0.2, 0.25) is 0 Å². The van der Waals surface area contributed by atoms with E-state index < -0.39 is 0 Å². The monoisotopic (exact) mass is 281 g/mol. The standard InChI is InChI=1S/C16H31N3O/c1-2-3-4-5-6-7-8-9-10-11-15-14-16(17)19(18-15)12-13-20/h14,20H,2-13,17H2,1H3. The van der Waals surface area contributed by atoms with Crippen LogP contribution in [-0.2, 0) is 13.0 Å². The van der Waals surface area contributed by atoms with Gasteiger partial charge in [0.1, 0.15) is 5.82 Å². The van der Waals surface area contributed by atoms with Gasteiger partial charge in [0.15, 0.2) is 0 Å². The molecule has 0 spiro atoms. The highest BCUT2D eigenvalue weighted by molar-refractivity contribution is 5.30. The fourth-order valence-electron chi connectivity index (χ4n) is 2.50. The lowest BCUT2D eigenvalue weighted by Crippen LogP contribution is -2.07. The van der Waals surface area contributed by atoms with Gasteiger partial charge in [-0.05, 0) is 12.8 Å². The molecule has 1 rings (SSSR count).